The molecular formula is C66H86Cl4N8O14. The number of rotatable bonds is 36. The van der Waals surface area contributed by atoms with Gasteiger partial charge in [0.1, 0.15) is 12.4 Å². The molecule has 4 aromatic rings. The smallest absolute Gasteiger partial charge is 0.317 e. The Hall–Kier alpha value is -5.54. The first-order valence-corrected chi connectivity index (χ1v) is 32.8. The molecule has 5 atom stereocenters. The van der Waals surface area contributed by atoms with Gasteiger partial charge in [-0.05, 0) is 121 Å². The first-order valence-electron chi connectivity index (χ1n) is 31.3. The summed E-state index contributed by atoms with van der Waals surface area (Å²) in [5, 5.41) is 51.3. The maximum Gasteiger partial charge on any atom is 0.317 e. The molecule has 0 radical (unpaired) electrons. The maximum atomic E-state index is 13.8. The van der Waals surface area contributed by atoms with E-state index < -0.39 is 43.0 Å². The highest BCUT2D eigenvalue weighted by Crippen LogP contribution is 2.42. The number of halogens is 4. The summed E-state index contributed by atoms with van der Waals surface area (Å²) < 4.78 is 23.0. The van der Waals surface area contributed by atoms with Crippen LogP contribution in [0.15, 0.2) is 60.7 Å². The number of carbonyl (C=O) groups excluding carboxylic acids is 6. The molecule has 4 aromatic carbocycles. The molecule has 92 heavy (non-hydrogen) atoms. The number of aliphatic hydroxyl groups excluding tert-OH is 4. The summed E-state index contributed by atoms with van der Waals surface area (Å²) in [5.74, 6) is -0.868. The number of hydrogen-bond donors (Lipinski definition) is 7. The lowest BCUT2D eigenvalue weighted by molar-refractivity contribution is -0.121. The number of nitrogens with one attached hydrogen (secondary N) is 3. The molecule has 0 spiro atoms. The fourth-order valence-corrected chi connectivity index (χ4v) is 13.6. The number of nitrogens with zero attached hydrogens (tertiary/aromatic N) is 5. The number of fused-ring (bicyclic) bond motifs is 4. The van der Waals surface area contributed by atoms with Crippen molar-refractivity contribution in [3.8, 4) is 0 Å². The van der Waals surface area contributed by atoms with Gasteiger partial charge in [-0.3, -0.25) is 19.2 Å². The van der Waals surface area contributed by atoms with Crippen molar-refractivity contribution in [3.63, 3.8) is 0 Å². The van der Waals surface area contributed by atoms with E-state index in [1.54, 1.807) is 21.9 Å². The molecule has 0 aromatic heterocycles. The number of aldehydes is 1. The van der Waals surface area contributed by atoms with Crippen LogP contribution in [0.4, 0.5) is 4.79 Å². The molecule has 0 aliphatic carbocycles. The molecule has 0 saturated heterocycles. The van der Waals surface area contributed by atoms with Crippen molar-refractivity contribution in [1.82, 2.24) is 40.4 Å². The average Bonchev–Trinajstić information content (AvgIpc) is 1.28. The van der Waals surface area contributed by atoms with Gasteiger partial charge in [-0.25, -0.2) is 4.79 Å². The second-order valence-electron chi connectivity index (χ2n) is 24.3. The highest BCUT2D eigenvalue weighted by molar-refractivity contribution is 6.36. The zero-order chi connectivity index (χ0) is 66.1. The molecule has 8 rings (SSSR count). The van der Waals surface area contributed by atoms with Crippen LogP contribution in [-0.2, 0) is 59.5 Å². The summed E-state index contributed by atoms with van der Waals surface area (Å²) in [5.41, 5.74) is 8.25. The van der Waals surface area contributed by atoms with Crippen molar-refractivity contribution in [2.45, 2.75) is 107 Å². The third-order valence-corrected chi connectivity index (χ3v) is 18.6. The van der Waals surface area contributed by atoms with Gasteiger partial charge in [0.25, 0.3) is 11.8 Å². The van der Waals surface area contributed by atoms with Gasteiger partial charge in [-0.1, -0.05) is 70.7 Å². The lowest BCUT2D eigenvalue weighted by Gasteiger charge is -2.37. The molecule has 0 bridgehead atoms. The zero-order valence-electron chi connectivity index (χ0n) is 52.4. The quantitative estimate of drug-likeness (QED) is 0.0211. The lowest BCUT2D eigenvalue weighted by Crippen LogP contribution is -2.55. The Morgan fingerprint density at radius 3 is 1.54 bits per heavy atom. The van der Waals surface area contributed by atoms with E-state index in [1.807, 2.05) is 50.5 Å². The third-order valence-electron chi connectivity index (χ3n) is 17.5. The van der Waals surface area contributed by atoms with Crippen molar-refractivity contribution >= 4 is 82.3 Å². The monoisotopic (exact) mass is 1350 g/mol. The molecule has 502 valence electrons. The number of carbonyl (C=O) groups is 6. The molecule has 22 nitrogen and oxygen atoms in total. The van der Waals surface area contributed by atoms with E-state index in [1.165, 1.54) is 7.05 Å². The van der Waals surface area contributed by atoms with E-state index in [4.69, 9.17) is 65.4 Å². The maximum absolute atomic E-state index is 13.8. The summed E-state index contributed by atoms with van der Waals surface area (Å²) in [7, 11) is 5.44. The Bertz CT molecular complexity index is 3040. The normalized spacial score (nSPS) is 17.9. The standard InChI is InChI=1S/C66H86Cl4N8O14/c1-74-37-52(50-31-46(67)33-56(69)54(50)39-74)42-5-7-44-35-77(63(86)48(44)29-42)17-23-91-27-25-89-21-15-71-60(83)9-13-66(12-4-19-79,73-65(88)76(3)41-59(82)62(85)58(81)11-20-80)14-10-61(84)72-16-22-90-26-28-92-24-18-78-36-45-8-6-43(30-49(45)64(78)87)53-38-75(2)40-55-51(53)32-47(68)34-57(55)70/h5-8,19,29-34,52-53,58-59,62,80-82,85H,4,9-18,20-28,35-41H2,1-3H3,(H,71,83)(H,72,84)(H,73,88). The first kappa shape index (κ1) is 72.3. The molecule has 5 unspecified atom stereocenters. The highest BCUT2D eigenvalue weighted by atomic mass is 35.5. The predicted molar refractivity (Wildman–Crippen MR) is 348 cm³/mol. The molecule has 6 amide bonds. The van der Waals surface area contributed by atoms with Crippen molar-refractivity contribution in [2.75, 3.05) is 126 Å². The van der Waals surface area contributed by atoms with E-state index in [0.29, 0.717) is 90.0 Å². The zero-order valence-corrected chi connectivity index (χ0v) is 55.5. The number of amides is 6. The number of benzene rings is 4. The van der Waals surface area contributed by atoms with Crippen LogP contribution in [0.1, 0.15) is 122 Å². The van der Waals surface area contributed by atoms with Gasteiger partial charge in [-0.2, -0.15) is 0 Å². The molecule has 26 heteroatoms. The minimum atomic E-state index is -1.67. The van der Waals surface area contributed by atoms with E-state index in [9.17, 15) is 49.2 Å². The fourth-order valence-electron chi connectivity index (χ4n) is 12.5. The van der Waals surface area contributed by atoms with Gasteiger partial charge in [0.05, 0.1) is 71.6 Å². The van der Waals surface area contributed by atoms with E-state index in [0.717, 1.165) is 62.5 Å². The second kappa shape index (κ2) is 34.7. The van der Waals surface area contributed by atoms with Crippen molar-refractivity contribution < 1.29 is 68.1 Å². The van der Waals surface area contributed by atoms with Gasteiger partial charge in [0.15, 0.2) is 0 Å². The lowest BCUT2D eigenvalue weighted by atomic mass is 9.83. The van der Waals surface area contributed by atoms with Gasteiger partial charge < -0.3 is 84.6 Å². The van der Waals surface area contributed by atoms with Crippen LogP contribution >= 0.6 is 46.4 Å². The van der Waals surface area contributed by atoms with Gasteiger partial charge in [0.2, 0.25) is 11.8 Å². The Morgan fingerprint density at radius 2 is 1.10 bits per heavy atom. The summed E-state index contributed by atoms with van der Waals surface area (Å²) >= 11 is 26.0. The summed E-state index contributed by atoms with van der Waals surface area (Å²) in [6, 6.07) is 18.9. The summed E-state index contributed by atoms with van der Waals surface area (Å²) in [4.78, 5) is 88.3. The number of aliphatic hydroxyl groups is 4. The van der Waals surface area contributed by atoms with E-state index >= 15 is 0 Å². The number of likely N-dealkylation sites (N-methyl/N-ethyl adjacent to an activating group) is 3. The number of hydrogen-bond acceptors (Lipinski definition) is 16. The van der Waals surface area contributed by atoms with Crippen LogP contribution in [0.25, 0.3) is 0 Å². The molecule has 0 fully saturated rings. The Kier molecular flexibility index (Phi) is 27.3. The van der Waals surface area contributed by atoms with Crippen LogP contribution in [0, 0.1) is 0 Å². The molecule has 7 N–H and O–H groups in total. The molecule has 4 aliphatic heterocycles. The first-order chi connectivity index (χ1) is 44.2. The third kappa shape index (κ3) is 19.6. The van der Waals surface area contributed by atoms with Crippen LogP contribution in [0.3, 0.4) is 0 Å². The molecule has 4 aliphatic rings. The van der Waals surface area contributed by atoms with Gasteiger partial charge in [0, 0.05) is 147 Å². The van der Waals surface area contributed by atoms with Gasteiger partial charge >= 0.3 is 6.03 Å². The van der Waals surface area contributed by atoms with Crippen LogP contribution in [-0.4, -0.2) is 231 Å². The van der Waals surface area contributed by atoms with Crippen molar-refractivity contribution in [3.05, 3.63) is 136 Å². The topological polar surface area (TPSA) is 273 Å². The van der Waals surface area contributed by atoms with Crippen molar-refractivity contribution in [2.24, 2.45) is 0 Å². The predicted octanol–water partition coefficient (Wildman–Crippen LogP) is 5.75. The average molecular weight is 1360 g/mol. The second-order valence-corrected chi connectivity index (χ2v) is 26.0. The van der Waals surface area contributed by atoms with Crippen molar-refractivity contribution in [1.29, 1.82) is 0 Å². The Morgan fingerprint density at radius 1 is 0.641 bits per heavy atom. The summed E-state index contributed by atoms with van der Waals surface area (Å²) in [6.45, 7) is 5.98. The van der Waals surface area contributed by atoms with Crippen LogP contribution in [0.5, 0.6) is 0 Å². The molecular weight excluding hydrogens is 1270 g/mol. The Balaban J connectivity index is 0.732. The van der Waals surface area contributed by atoms with E-state index in [-0.39, 0.29) is 133 Å². The largest absolute Gasteiger partial charge is 0.396 e. The highest BCUT2D eigenvalue weighted by Gasteiger charge is 2.37. The minimum absolute atomic E-state index is 0.00562. The van der Waals surface area contributed by atoms with Crippen LogP contribution in [0.2, 0.25) is 20.1 Å². The number of ether oxygens (including phenoxy) is 4. The van der Waals surface area contributed by atoms with Crippen LogP contribution < -0.4 is 16.0 Å². The SMILES string of the molecule is CN1Cc2c(Cl)cc(Cl)cc2C(c2ccc3c(c2)C(=O)N(CCOCCOCCNC(=O)CCC(CCC=O)(CCC(=O)NCCOCCOCCN2Cc4ccc(C5CN(C)Cc6c(Cl)cc(Cl)cc65)cc4C2=O)NC(=O)N(C)CC(O)C(O)C(O)CCO)C3)C1. The fraction of sp³-hybridized carbons (Fsp3) is 0.545. The Labute approximate surface area is 557 Å². The molecule has 4 heterocycles. The molecule has 0 saturated carbocycles. The minimum Gasteiger partial charge on any atom is -0.396 e. The number of urea groups is 1. The van der Waals surface area contributed by atoms with Gasteiger partial charge in [-0.15, -0.1) is 0 Å². The summed E-state index contributed by atoms with van der Waals surface area (Å²) in [6.07, 6.45) is -4.41. The van der Waals surface area contributed by atoms with E-state index in [2.05, 4.69) is 37.9 Å².